The molecule has 2 aliphatic carbocycles. The molecule has 206 valence electrons. The van der Waals surface area contributed by atoms with Crippen molar-refractivity contribution < 1.29 is 0 Å². The van der Waals surface area contributed by atoms with Crippen LogP contribution in [0.4, 0.5) is 11.4 Å². The van der Waals surface area contributed by atoms with Crippen LogP contribution in [0.5, 0.6) is 0 Å². The van der Waals surface area contributed by atoms with E-state index in [2.05, 4.69) is 175 Å². The normalized spacial score (nSPS) is 13.2. The van der Waals surface area contributed by atoms with E-state index in [9.17, 15) is 0 Å². The Balaban J connectivity index is 1.12. The van der Waals surface area contributed by atoms with Crippen molar-refractivity contribution in [1.29, 1.82) is 0 Å². The van der Waals surface area contributed by atoms with Crippen LogP contribution in [-0.2, 0) is 5.41 Å². The molecule has 1 nitrogen and oxygen atoms in total. The van der Waals surface area contributed by atoms with Crippen molar-refractivity contribution in [2.24, 2.45) is 0 Å². The van der Waals surface area contributed by atoms with E-state index < -0.39 is 0 Å². The number of hydrogen-bond acceptors (Lipinski definition) is 1. The molecule has 2 aliphatic rings. The molecule has 0 atom stereocenters. The van der Waals surface area contributed by atoms with Crippen LogP contribution >= 0.6 is 0 Å². The van der Waals surface area contributed by atoms with Crippen LogP contribution in [0.2, 0.25) is 0 Å². The lowest BCUT2D eigenvalue weighted by Crippen LogP contribution is -2.25. The zero-order chi connectivity index (χ0) is 29.1. The van der Waals surface area contributed by atoms with Gasteiger partial charge in [-0.15, -0.1) is 0 Å². The van der Waals surface area contributed by atoms with E-state index in [1.165, 1.54) is 66.8 Å². The SMILES string of the molecule is c1ccc(-c2ccc(Nc3cccc(-c4ccc5c(c4)-c4ccccc4C54c5ccccc5-c5ccccc54)c3)cc2)cc1. The Labute approximate surface area is 258 Å². The molecular weight excluding hydrogens is 530 g/mol. The summed E-state index contributed by atoms with van der Waals surface area (Å²) in [5.41, 5.74) is 17.5. The lowest BCUT2D eigenvalue weighted by molar-refractivity contribution is 0.794. The molecule has 0 radical (unpaired) electrons. The Morgan fingerprint density at radius 1 is 0.295 bits per heavy atom. The van der Waals surface area contributed by atoms with Gasteiger partial charge in [-0.05, 0) is 97.1 Å². The summed E-state index contributed by atoms with van der Waals surface area (Å²) in [5, 5.41) is 3.62. The fourth-order valence-corrected chi connectivity index (χ4v) is 7.60. The first-order valence-corrected chi connectivity index (χ1v) is 15.3. The van der Waals surface area contributed by atoms with Crippen molar-refractivity contribution in [3.8, 4) is 44.5 Å². The quantitative estimate of drug-likeness (QED) is 0.226. The van der Waals surface area contributed by atoms with E-state index in [4.69, 9.17) is 0 Å². The third-order valence-electron chi connectivity index (χ3n) is 9.47. The molecule has 0 heterocycles. The van der Waals surface area contributed by atoms with E-state index in [-0.39, 0.29) is 5.41 Å². The van der Waals surface area contributed by atoms with Crippen LogP contribution in [0.15, 0.2) is 170 Å². The van der Waals surface area contributed by atoms with Crippen molar-refractivity contribution in [3.63, 3.8) is 0 Å². The van der Waals surface area contributed by atoms with Gasteiger partial charge in [0.1, 0.15) is 0 Å². The smallest absolute Gasteiger partial charge is 0.0725 e. The van der Waals surface area contributed by atoms with Gasteiger partial charge in [0.2, 0.25) is 0 Å². The van der Waals surface area contributed by atoms with Crippen LogP contribution in [0, 0.1) is 0 Å². The van der Waals surface area contributed by atoms with Gasteiger partial charge in [0.05, 0.1) is 5.41 Å². The molecule has 0 amide bonds. The van der Waals surface area contributed by atoms with Gasteiger partial charge < -0.3 is 5.32 Å². The minimum Gasteiger partial charge on any atom is -0.356 e. The highest BCUT2D eigenvalue weighted by atomic mass is 14.9. The Hall–Kier alpha value is -5.66. The highest BCUT2D eigenvalue weighted by molar-refractivity contribution is 5.96. The summed E-state index contributed by atoms with van der Waals surface area (Å²) >= 11 is 0. The number of hydrogen-bond donors (Lipinski definition) is 1. The van der Waals surface area contributed by atoms with Crippen LogP contribution in [0.25, 0.3) is 44.5 Å². The van der Waals surface area contributed by atoms with Crippen LogP contribution in [-0.4, -0.2) is 0 Å². The number of rotatable bonds is 4. The predicted octanol–water partition coefficient (Wildman–Crippen LogP) is 11.1. The minimum atomic E-state index is -0.299. The van der Waals surface area contributed by atoms with Gasteiger partial charge in [-0.3, -0.25) is 0 Å². The molecule has 0 bridgehead atoms. The second-order valence-electron chi connectivity index (χ2n) is 11.8. The van der Waals surface area contributed by atoms with Gasteiger partial charge in [-0.1, -0.05) is 140 Å². The van der Waals surface area contributed by atoms with E-state index in [1.54, 1.807) is 0 Å². The van der Waals surface area contributed by atoms with Gasteiger partial charge in [-0.2, -0.15) is 0 Å². The van der Waals surface area contributed by atoms with Crippen LogP contribution < -0.4 is 5.32 Å². The molecule has 0 aliphatic heterocycles. The zero-order valence-corrected chi connectivity index (χ0v) is 24.2. The van der Waals surface area contributed by atoms with Crippen molar-refractivity contribution in [3.05, 3.63) is 192 Å². The first-order valence-electron chi connectivity index (χ1n) is 15.3. The van der Waals surface area contributed by atoms with Gasteiger partial charge in [0, 0.05) is 11.4 Å². The van der Waals surface area contributed by atoms with E-state index >= 15 is 0 Å². The number of benzene rings is 7. The molecule has 1 heteroatoms. The fourth-order valence-electron chi connectivity index (χ4n) is 7.60. The average Bonchev–Trinajstić information content (AvgIpc) is 3.56. The summed E-state index contributed by atoms with van der Waals surface area (Å²) in [6.07, 6.45) is 0. The predicted molar refractivity (Wildman–Crippen MR) is 183 cm³/mol. The van der Waals surface area contributed by atoms with E-state index in [0.717, 1.165) is 11.4 Å². The summed E-state index contributed by atoms with van der Waals surface area (Å²) in [6.45, 7) is 0. The Morgan fingerprint density at radius 3 is 1.43 bits per heavy atom. The third kappa shape index (κ3) is 3.60. The second-order valence-corrected chi connectivity index (χ2v) is 11.8. The van der Waals surface area contributed by atoms with Gasteiger partial charge in [-0.25, -0.2) is 0 Å². The third-order valence-corrected chi connectivity index (χ3v) is 9.47. The maximum atomic E-state index is 3.62. The summed E-state index contributed by atoms with van der Waals surface area (Å²) in [4.78, 5) is 0. The van der Waals surface area contributed by atoms with Crippen molar-refractivity contribution in [2.45, 2.75) is 5.41 Å². The van der Waals surface area contributed by atoms with Crippen LogP contribution in [0.3, 0.4) is 0 Å². The fraction of sp³-hybridized carbons (Fsp3) is 0.0233. The van der Waals surface area contributed by atoms with Gasteiger partial charge in [0.25, 0.3) is 0 Å². The molecule has 1 spiro atoms. The van der Waals surface area contributed by atoms with Crippen molar-refractivity contribution in [2.75, 3.05) is 5.32 Å². The topological polar surface area (TPSA) is 12.0 Å². The summed E-state index contributed by atoms with van der Waals surface area (Å²) < 4.78 is 0. The summed E-state index contributed by atoms with van der Waals surface area (Å²) in [6, 6.07) is 61.9. The maximum absolute atomic E-state index is 3.62. The molecule has 0 aromatic heterocycles. The van der Waals surface area contributed by atoms with E-state index in [1.807, 2.05) is 0 Å². The Morgan fingerprint density at radius 2 is 0.773 bits per heavy atom. The molecule has 7 aromatic rings. The largest absolute Gasteiger partial charge is 0.356 e. The van der Waals surface area contributed by atoms with Crippen LogP contribution in [0.1, 0.15) is 22.3 Å². The summed E-state index contributed by atoms with van der Waals surface area (Å²) in [7, 11) is 0. The highest BCUT2D eigenvalue weighted by Crippen LogP contribution is 2.62. The average molecular weight is 560 g/mol. The number of anilines is 2. The monoisotopic (exact) mass is 559 g/mol. The number of fused-ring (bicyclic) bond motifs is 10. The zero-order valence-electron chi connectivity index (χ0n) is 24.2. The first kappa shape index (κ1) is 24.9. The maximum Gasteiger partial charge on any atom is 0.0725 e. The standard InChI is InChI=1S/C43H29N/c1-2-11-29(12-3-1)30-21-24-33(25-22-30)44-34-14-10-13-31(27-34)32-23-26-42-38(28-32)37-17-6-9-20-41(37)43(42)39-18-7-4-15-35(39)36-16-5-8-19-40(36)43/h1-28,44H. The lowest BCUT2D eigenvalue weighted by Gasteiger charge is -2.30. The minimum absolute atomic E-state index is 0.299. The molecule has 9 rings (SSSR count). The molecule has 0 fully saturated rings. The van der Waals surface area contributed by atoms with Crippen molar-refractivity contribution in [1.82, 2.24) is 0 Å². The molecule has 44 heavy (non-hydrogen) atoms. The molecule has 1 N–H and O–H groups in total. The lowest BCUT2D eigenvalue weighted by atomic mass is 9.70. The Kier molecular flexibility index (Phi) is 5.48. The first-order chi connectivity index (χ1) is 21.8. The summed E-state index contributed by atoms with van der Waals surface area (Å²) in [5.74, 6) is 0. The number of nitrogens with one attached hydrogen (secondary N) is 1. The molecule has 7 aromatic carbocycles. The highest BCUT2D eigenvalue weighted by Gasteiger charge is 2.51. The van der Waals surface area contributed by atoms with Crippen molar-refractivity contribution >= 4 is 11.4 Å². The molecule has 0 unspecified atom stereocenters. The van der Waals surface area contributed by atoms with E-state index in [0.29, 0.717) is 0 Å². The molecular formula is C43H29N. The second kappa shape index (κ2) is 9.69. The van der Waals surface area contributed by atoms with Gasteiger partial charge in [0.15, 0.2) is 0 Å². The Bertz CT molecular complexity index is 2140. The molecule has 0 saturated heterocycles. The van der Waals surface area contributed by atoms with Gasteiger partial charge >= 0.3 is 0 Å². The molecule has 0 saturated carbocycles.